The van der Waals surface area contributed by atoms with Crippen molar-refractivity contribution in [3.8, 4) is 6.07 Å². The van der Waals surface area contributed by atoms with Crippen LogP contribution in [0.15, 0.2) is 29.2 Å². The van der Waals surface area contributed by atoms with Gasteiger partial charge in [-0.2, -0.15) is 5.26 Å². The van der Waals surface area contributed by atoms with Crippen LogP contribution in [0.1, 0.15) is 19.4 Å². The van der Waals surface area contributed by atoms with Gasteiger partial charge in [-0.1, -0.05) is 31.5 Å². The molecule has 0 aromatic heterocycles. The van der Waals surface area contributed by atoms with Crippen LogP contribution in [0, 0.1) is 24.2 Å². The van der Waals surface area contributed by atoms with Gasteiger partial charge >= 0.3 is 0 Å². The van der Waals surface area contributed by atoms with Gasteiger partial charge in [-0.05, 0) is 25.0 Å². The number of nitrogens with one attached hydrogen (secondary N) is 1. The zero-order chi connectivity index (χ0) is 12.1. The topological polar surface area (TPSA) is 52.9 Å². The van der Waals surface area contributed by atoms with Gasteiger partial charge < -0.3 is 0 Å². The summed E-state index contributed by atoms with van der Waals surface area (Å²) < 4.78 is 14.7. The zero-order valence-electron chi connectivity index (χ0n) is 9.73. The molecule has 0 aliphatic rings. The van der Waals surface area contributed by atoms with Gasteiger partial charge in [0.15, 0.2) is 0 Å². The van der Waals surface area contributed by atoms with Crippen LogP contribution in [0.4, 0.5) is 0 Å². The average Bonchev–Trinajstić information content (AvgIpc) is 2.26. The molecule has 0 aliphatic carbocycles. The van der Waals surface area contributed by atoms with Crippen LogP contribution in [-0.2, 0) is 11.0 Å². The highest BCUT2D eigenvalue weighted by atomic mass is 32.2. The Bertz CT molecular complexity index is 406. The van der Waals surface area contributed by atoms with E-state index in [-0.39, 0.29) is 12.0 Å². The summed E-state index contributed by atoms with van der Waals surface area (Å²) in [5, 5.41) is 8.89. The van der Waals surface area contributed by atoms with E-state index in [0.717, 1.165) is 5.56 Å². The van der Waals surface area contributed by atoms with E-state index in [1.54, 1.807) is 0 Å². The quantitative estimate of drug-likeness (QED) is 0.871. The third-order valence-corrected chi connectivity index (χ3v) is 3.44. The third-order valence-electron chi connectivity index (χ3n) is 2.27. The molecule has 0 aliphatic heterocycles. The third kappa shape index (κ3) is 3.44. The van der Waals surface area contributed by atoms with Crippen molar-refractivity contribution in [1.82, 2.24) is 4.72 Å². The van der Waals surface area contributed by atoms with E-state index in [0.29, 0.717) is 4.90 Å². The lowest BCUT2D eigenvalue weighted by molar-refractivity contribution is 0.541. The molecule has 0 bridgehead atoms. The highest BCUT2D eigenvalue weighted by molar-refractivity contribution is 7.83. The molecule has 86 valence electrons. The fourth-order valence-corrected chi connectivity index (χ4v) is 2.23. The van der Waals surface area contributed by atoms with Crippen molar-refractivity contribution < 1.29 is 4.21 Å². The summed E-state index contributed by atoms with van der Waals surface area (Å²) in [5.41, 5.74) is 1.13. The number of benzene rings is 1. The van der Waals surface area contributed by atoms with E-state index in [4.69, 9.17) is 5.26 Å². The lowest BCUT2D eigenvalue weighted by Gasteiger charge is -2.14. The Morgan fingerprint density at radius 3 is 2.31 bits per heavy atom. The molecule has 3 nitrogen and oxygen atoms in total. The van der Waals surface area contributed by atoms with Crippen LogP contribution in [0.3, 0.4) is 0 Å². The lowest BCUT2D eigenvalue weighted by atomic mass is 10.1. The molecular formula is C12H16N2OS. The van der Waals surface area contributed by atoms with Gasteiger partial charge in [0.25, 0.3) is 0 Å². The first kappa shape index (κ1) is 12.9. The Hall–Kier alpha value is -1.18. The van der Waals surface area contributed by atoms with Crippen molar-refractivity contribution in [3.63, 3.8) is 0 Å². The van der Waals surface area contributed by atoms with Crippen molar-refractivity contribution in [2.45, 2.75) is 31.7 Å². The molecule has 0 saturated heterocycles. The Morgan fingerprint density at radius 1 is 1.31 bits per heavy atom. The van der Waals surface area contributed by atoms with Crippen LogP contribution < -0.4 is 4.72 Å². The second-order valence-electron chi connectivity index (χ2n) is 4.05. The van der Waals surface area contributed by atoms with Crippen molar-refractivity contribution in [1.29, 1.82) is 5.26 Å². The van der Waals surface area contributed by atoms with Crippen molar-refractivity contribution in [3.05, 3.63) is 29.8 Å². The first-order valence-corrected chi connectivity index (χ1v) is 6.34. The summed E-state index contributed by atoms with van der Waals surface area (Å²) >= 11 is 0. The van der Waals surface area contributed by atoms with E-state index in [9.17, 15) is 4.21 Å². The van der Waals surface area contributed by atoms with Gasteiger partial charge in [0.05, 0.1) is 11.0 Å². The number of hydrogen-bond acceptors (Lipinski definition) is 2. The Morgan fingerprint density at radius 2 is 1.88 bits per heavy atom. The summed E-state index contributed by atoms with van der Waals surface area (Å²) in [4.78, 5) is 0.700. The summed E-state index contributed by atoms with van der Waals surface area (Å²) in [7, 11) is -1.31. The second kappa shape index (κ2) is 5.78. The van der Waals surface area contributed by atoms with Gasteiger partial charge in [0.2, 0.25) is 0 Å². The summed E-state index contributed by atoms with van der Waals surface area (Å²) in [6.07, 6.45) is 0. The highest BCUT2D eigenvalue weighted by Gasteiger charge is 2.15. The van der Waals surface area contributed by atoms with E-state index in [1.807, 2.05) is 45.0 Å². The number of aryl methyl sites for hydroxylation is 1. The van der Waals surface area contributed by atoms with Gasteiger partial charge in [-0.3, -0.25) is 0 Å². The van der Waals surface area contributed by atoms with Crippen molar-refractivity contribution in [2.75, 3.05) is 0 Å². The summed E-state index contributed by atoms with van der Waals surface area (Å²) in [6.45, 7) is 5.83. The maximum Gasteiger partial charge on any atom is 0.126 e. The van der Waals surface area contributed by atoms with Crippen LogP contribution in [0.5, 0.6) is 0 Å². The molecule has 0 radical (unpaired) electrons. The minimum Gasteiger partial charge on any atom is -0.237 e. The molecule has 1 N–H and O–H groups in total. The van der Waals surface area contributed by atoms with Crippen molar-refractivity contribution in [2.24, 2.45) is 5.92 Å². The van der Waals surface area contributed by atoms with Crippen LogP contribution >= 0.6 is 0 Å². The fraction of sp³-hybridized carbons (Fsp3) is 0.417. The predicted octanol–water partition coefficient (Wildman–Crippen LogP) is 2.16. The SMILES string of the molecule is Cc1ccc([S@](=O)N[C@H](C#N)C(C)C)cc1. The van der Waals surface area contributed by atoms with Gasteiger partial charge in [0.1, 0.15) is 17.0 Å². The van der Waals surface area contributed by atoms with Crippen LogP contribution in [-0.4, -0.2) is 10.3 Å². The first-order chi connectivity index (χ1) is 7.54. The zero-order valence-corrected chi connectivity index (χ0v) is 10.5. The fourth-order valence-electron chi connectivity index (χ4n) is 1.16. The molecule has 1 aromatic carbocycles. The molecule has 1 aromatic rings. The van der Waals surface area contributed by atoms with E-state index in [1.165, 1.54) is 0 Å². The summed E-state index contributed by atoms with van der Waals surface area (Å²) in [5.74, 6) is 0.138. The number of rotatable bonds is 4. The minimum atomic E-state index is -1.31. The van der Waals surface area contributed by atoms with Crippen LogP contribution in [0.2, 0.25) is 0 Å². The van der Waals surface area contributed by atoms with Gasteiger partial charge in [-0.15, -0.1) is 0 Å². The second-order valence-corrected chi connectivity index (χ2v) is 5.29. The molecule has 4 heteroatoms. The average molecular weight is 236 g/mol. The first-order valence-electron chi connectivity index (χ1n) is 5.19. The standard InChI is InChI=1S/C12H16N2OS/c1-9(2)12(8-13)14-16(15)11-6-4-10(3)5-7-11/h4-7,9,12,14H,1-3H3/t12-,16+/m1/s1. The maximum atomic E-state index is 11.9. The monoisotopic (exact) mass is 236 g/mol. The van der Waals surface area contributed by atoms with Gasteiger partial charge in [-0.25, -0.2) is 8.93 Å². The Labute approximate surface area is 99.1 Å². The molecule has 0 heterocycles. The molecule has 0 spiro atoms. The van der Waals surface area contributed by atoms with Gasteiger partial charge in [0, 0.05) is 0 Å². The molecule has 2 atom stereocenters. The molecular weight excluding hydrogens is 220 g/mol. The lowest BCUT2D eigenvalue weighted by Crippen LogP contribution is -2.33. The van der Waals surface area contributed by atoms with Crippen LogP contribution in [0.25, 0.3) is 0 Å². The molecule has 16 heavy (non-hydrogen) atoms. The molecule has 0 saturated carbocycles. The molecule has 1 rings (SSSR count). The Balaban J connectivity index is 2.73. The predicted molar refractivity (Wildman–Crippen MR) is 65.0 cm³/mol. The Kier molecular flexibility index (Phi) is 4.66. The maximum absolute atomic E-state index is 11.9. The minimum absolute atomic E-state index is 0.138. The van der Waals surface area contributed by atoms with E-state index >= 15 is 0 Å². The normalized spacial score (nSPS) is 14.4. The number of nitriles is 1. The molecule has 0 amide bonds. The highest BCUT2D eigenvalue weighted by Crippen LogP contribution is 2.09. The largest absolute Gasteiger partial charge is 0.237 e. The molecule has 0 fully saturated rings. The number of nitrogens with zero attached hydrogens (tertiary/aromatic N) is 1. The van der Waals surface area contributed by atoms with E-state index < -0.39 is 11.0 Å². The number of hydrogen-bond donors (Lipinski definition) is 1. The van der Waals surface area contributed by atoms with Crippen molar-refractivity contribution >= 4 is 11.0 Å². The smallest absolute Gasteiger partial charge is 0.126 e. The molecule has 0 unspecified atom stereocenters. The van der Waals surface area contributed by atoms with E-state index in [2.05, 4.69) is 10.8 Å². The summed E-state index contributed by atoms with van der Waals surface area (Å²) in [6, 6.07) is 9.16.